The maximum absolute atomic E-state index is 13.6. The Hall–Kier alpha value is -1.96. The summed E-state index contributed by atoms with van der Waals surface area (Å²) in [6.45, 7) is 5.59. The lowest BCUT2D eigenvalue weighted by Crippen LogP contribution is -2.14. The van der Waals surface area contributed by atoms with Crippen molar-refractivity contribution < 1.29 is 22.4 Å². The number of ketones is 1. The summed E-state index contributed by atoms with van der Waals surface area (Å²) in [6.07, 6.45) is -4.74. The van der Waals surface area contributed by atoms with Crippen LogP contribution >= 0.6 is 11.3 Å². The number of hydrogen-bond acceptors (Lipinski definition) is 3. The van der Waals surface area contributed by atoms with Crippen LogP contribution in [0, 0.1) is 12.7 Å². The zero-order valence-corrected chi connectivity index (χ0v) is 13.5. The number of alkyl halides is 3. The van der Waals surface area contributed by atoms with Crippen molar-refractivity contribution in [3.05, 3.63) is 45.0 Å². The van der Waals surface area contributed by atoms with E-state index in [1.54, 1.807) is 11.5 Å². The molecule has 3 nitrogen and oxygen atoms in total. The van der Waals surface area contributed by atoms with E-state index in [0.717, 1.165) is 29.2 Å². The first-order chi connectivity index (χ1) is 10.6. The Labute approximate surface area is 133 Å². The summed E-state index contributed by atoms with van der Waals surface area (Å²) in [4.78, 5) is 16.7. The molecule has 0 amide bonds. The number of hydrogen-bond donors (Lipinski definition) is 0. The first kappa shape index (κ1) is 17.4. The molecule has 0 N–H and O–H groups in total. The van der Waals surface area contributed by atoms with E-state index in [9.17, 15) is 22.4 Å². The van der Waals surface area contributed by atoms with Crippen molar-refractivity contribution in [1.82, 2.24) is 4.57 Å². The van der Waals surface area contributed by atoms with Crippen LogP contribution in [-0.4, -0.2) is 10.4 Å². The summed E-state index contributed by atoms with van der Waals surface area (Å²) >= 11 is 1.13. The van der Waals surface area contributed by atoms with Gasteiger partial charge in [0, 0.05) is 25.2 Å². The SMILES string of the molecule is CCn1c(C)c(C(C)=O)sc1=Nc1ccc(C(F)(F)F)c(F)c1. The van der Waals surface area contributed by atoms with Gasteiger partial charge in [-0.3, -0.25) is 4.79 Å². The van der Waals surface area contributed by atoms with Crippen LogP contribution in [0.4, 0.5) is 23.2 Å². The third-order valence-corrected chi connectivity index (χ3v) is 4.56. The maximum Gasteiger partial charge on any atom is 0.419 e. The Balaban J connectivity index is 2.57. The third-order valence-electron chi connectivity index (χ3n) is 3.28. The molecular formula is C15H14F4N2OS. The number of carbonyl (C=O) groups excluding carboxylic acids is 1. The van der Waals surface area contributed by atoms with Gasteiger partial charge < -0.3 is 4.57 Å². The van der Waals surface area contributed by atoms with Gasteiger partial charge in [-0.25, -0.2) is 9.38 Å². The molecule has 0 fully saturated rings. The maximum atomic E-state index is 13.6. The molecule has 0 spiro atoms. The van der Waals surface area contributed by atoms with Crippen LogP contribution < -0.4 is 4.80 Å². The molecule has 0 aliphatic carbocycles. The van der Waals surface area contributed by atoms with Crippen molar-refractivity contribution in [1.29, 1.82) is 0 Å². The number of benzene rings is 1. The Morgan fingerprint density at radius 1 is 1.35 bits per heavy atom. The van der Waals surface area contributed by atoms with Crippen molar-refractivity contribution >= 4 is 22.8 Å². The van der Waals surface area contributed by atoms with Crippen LogP contribution in [0.5, 0.6) is 0 Å². The van der Waals surface area contributed by atoms with Gasteiger partial charge >= 0.3 is 6.18 Å². The molecule has 0 aliphatic heterocycles. The molecule has 0 radical (unpaired) electrons. The zero-order valence-electron chi connectivity index (χ0n) is 12.7. The van der Waals surface area contributed by atoms with E-state index in [-0.39, 0.29) is 11.5 Å². The molecule has 0 atom stereocenters. The number of rotatable bonds is 3. The fourth-order valence-electron chi connectivity index (χ4n) is 2.18. The average molecular weight is 346 g/mol. The van der Waals surface area contributed by atoms with Crippen LogP contribution in [-0.2, 0) is 12.7 Å². The number of aromatic nitrogens is 1. The number of carbonyl (C=O) groups is 1. The summed E-state index contributed by atoms with van der Waals surface area (Å²) in [7, 11) is 0. The van der Waals surface area contributed by atoms with Crippen molar-refractivity contribution in [3.8, 4) is 0 Å². The molecule has 1 aromatic heterocycles. The summed E-state index contributed by atoms with van der Waals surface area (Å²) < 4.78 is 53.1. The van der Waals surface area contributed by atoms with E-state index in [4.69, 9.17) is 0 Å². The Bertz CT molecular complexity index is 818. The van der Waals surface area contributed by atoms with E-state index in [1.165, 1.54) is 6.92 Å². The summed E-state index contributed by atoms with van der Waals surface area (Å²) in [5.74, 6) is -1.49. The average Bonchev–Trinajstić information content (AvgIpc) is 2.73. The zero-order chi connectivity index (χ0) is 17.4. The molecule has 8 heteroatoms. The first-order valence-corrected chi connectivity index (χ1v) is 7.59. The predicted octanol–water partition coefficient (Wildman–Crippen LogP) is 4.47. The van der Waals surface area contributed by atoms with E-state index in [0.29, 0.717) is 22.3 Å². The molecule has 0 unspecified atom stereocenters. The monoisotopic (exact) mass is 346 g/mol. The molecule has 124 valence electrons. The van der Waals surface area contributed by atoms with E-state index in [2.05, 4.69) is 4.99 Å². The van der Waals surface area contributed by atoms with Gasteiger partial charge in [0.1, 0.15) is 5.82 Å². The third kappa shape index (κ3) is 3.52. The van der Waals surface area contributed by atoms with E-state index in [1.807, 2.05) is 6.92 Å². The largest absolute Gasteiger partial charge is 0.419 e. The van der Waals surface area contributed by atoms with Crippen LogP contribution in [0.3, 0.4) is 0 Å². The van der Waals surface area contributed by atoms with Gasteiger partial charge in [-0.2, -0.15) is 13.2 Å². The van der Waals surface area contributed by atoms with Crippen LogP contribution in [0.15, 0.2) is 23.2 Å². The first-order valence-electron chi connectivity index (χ1n) is 6.77. The van der Waals surface area contributed by atoms with Crippen LogP contribution in [0.2, 0.25) is 0 Å². The molecule has 1 heterocycles. The second kappa shape index (κ2) is 6.27. The lowest BCUT2D eigenvalue weighted by Gasteiger charge is -2.07. The van der Waals surface area contributed by atoms with Crippen LogP contribution in [0.1, 0.15) is 34.8 Å². The van der Waals surface area contributed by atoms with Crippen molar-refractivity contribution in [3.63, 3.8) is 0 Å². The number of halogens is 4. The lowest BCUT2D eigenvalue weighted by molar-refractivity contribution is -0.139. The molecule has 0 aliphatic rings. The van der Waals surface area contributed by atoms with Gasteiger partial charge in [0.05, 0.1) is 16.1 Å². The second-order valence-electron chi connectivity index (χ2n) is 4.87. The Morgan fingerprint density at radius 2 is 2.00 bits per heavy atom. The predicted molar refractivity (Wildman–Crippen MR) is 79.3 cm³/mol. The molecule has 2 rings (SSSR count). The summed E-state index contributed by atoms with van der Waals surface area (Å²) in [6, 6.07) is 2.51. The highest BCUT2D eigenvalue weighted by molar-refractivity contribution is 7.11. The standard InChI is InChI=1S/C15H14F4N2OS/c1-4-21-8(2)13(9(3)22)23-14(21)20-10-5-6-11(12(16)7-10)15(17,18)19/h5-7H,4H2,1-3H3. The fraction of sp³-hybridized carbons (Fsp3) is 0.333. The summed E-state index contributed by atoms with van der Waals surface area (Å²) in [5.41, 5.74) is -0.531. The normalized spacial score (nSPS) is 12.7. The summed E-state index contributed by atoms with van der Waals surface area (Å²) in [5, 5.41) is 0. The lowest BCUT2D eigenvalue weighted by atomic mass is 10.2. The van der Waals surface area contributed by atoms with E-state index < -0.39 is 17.6 Å². The molecule has 0 bridgehead atoms. The smallest absolute Gasteiger partial charge is 0.321 e. The van der Waals surface area contributed by atoms with Gasteiger partial charge in [0.2, 0.25) is 0 Å². The van der Waals surface area contributed by atoms with Gasteiger partial charge in [0.15, 0.2) is 10.6 Å². The second-order valence-corrected chi connectivity index (χ2v) is 5.85. The topological polar surface area (TPSA) is 34.4 Å². The highest BCUT2D eigenvalue weighted by Crippen LogP contribution is 2.32. The molecule has 0 saturated carbocycles. The van der Waals surface area contributed by atoms with Gasteiger partial charge in [-0.1, -0.05) is 11.3 Å². The fourth-order valence-corrected chi connectivity index (χ4v) is 3.29. The number of thiazole rings is 1. The van der Waals surface area contributed by atoms with Crippen LogP contribution in [0.25, 0.3) is 0 Å². The molecule has 1 aromatic carbocycles. The molecule has 23 heavy (non-hydrogen) atoms. The molecule has 2 aromatic rings. The van der Waals surface area contributed by atoms with Gasteiger partial charge in [-0.05, 0) is 26.0 Å². The van der Waals surface area contributed by atoms with Crippen molar-refractivity contribution in [2.24, 2.45) is 4.99 Å². The molecular weight excluding hydrogens is 332 g/mol. The molecule has 0 saturated heterocycles. The quantitative estimate of drug-likeness (QED) is 0.596. The Kier molecular flexibility index (Phi) is 4.74. The van der Waals surface area contributed by atoms with Crippen molar-refractivity contribution in [2.45, 2.75) is 33.5 Å². The highest BCUT2D eigenvalue weighted by Gasteiger charge is 2.33. The van der Waals surface area contributed by atoms with Gasteiger partial charge in [-0.15, -0.1) is 0 Å². The van der Waals surface area contributed by atoms with E-state index >= 15 is 0 Å². The minimum Gasteiger partial charge on any atom is -0.321 e. The number of nitrogens with zero attached hydrogens (tertiary/aromatic N) is 2. The van der Waals surface area contributed by atoms with Crippen molar-refractivity contribution in [2.75, 3.05) is 0 Å². The van der Waals surface area contributed by atoms with Gasteiger partial charge in [0.25, 0.3) is 0 Å². The minimum atomic E-state index is -4.74. The number of Topliss-reactive ketones (excluding diaryl/α,β-unsaturated/α-hetero) is 1. The minimum absolute atomic E-state index is 0.0639. The Morgan fingerprint density at radius 3 is 2.48 bits per heavy atom. The highest BCUT2D eigenvalue weighted by atomic mass is 32.1.